The third-order valence-corrected chi connectivity index (χ3v) is 3.96. The van der Waals surface area contributed by atoms with Crippen LogP contribution < -0.4 is 5.32 Å². The standard InChI is InChI=1S/C15H13BrClNO2/c1-9-6-10(15(19)20)2-5-14(9)18-8-11-7-12(17)3-4-13(11)16/h2-7,18H,8H2,1H3,(H,19,20). The summed E-state index contributed by atoms with van der Waals surface area (Å²) in [5.41, 5.74) is 3.13. The number of halogens is 2. The Morgan fingerprint density at radius 3 is 2.70 bits per heavy atom. The maximum absolute atomic E-state index is 10.9. The average molecular weight is 355 g/mol. The first kappa shape index (κ1) is 14.9. The summed E-state index contributed by atoms with van der Waals surface area (Å²) in [6.45, 7) is 2.48. The summed E-state index contributed by atoms with van der Waals surface area (Å²) in [5.74, 6) is -0.919. The van der Waals surface area contributed by atoms with Crippen LogP contribution in [-0.4, -0.2) is 11.1 Å². The Morgan fingerprint density at radius 1 is 1.30 bits per heavy atom. The van der Waals surface area contributed by atoms with E-state index in [2.05, 4.69) is 21.2 Å². The first-order chi connectivity index (χ1) is 9.47. The van der Waals surface area contributed by atoms with Crippen molar-refractivity contribution in [2.24, 2.45) is 0 Å². The van der Waals surface area contributed by atoms with Crippen molar-refractivity contribution >= 4 is 39.2 Å². The first-order valence-electron chi connectivity index (χ1n) is 5.99. The number of hydrogen-bond acceptors (Lipinski definition) is 2. The molecule has 0 radical (unpaired) electrons. The molecule has 20 heavy (non-hydrogen) atoms. The monoisotopic (exact) mass is 353 g/mol. The van der Waals surface area contributed by atoms with E-state index in [0.29, 0.717) is 11.6 Å². The lowest BCUT2D eigenvalue weighted by atomic mass is 10.1. The molecule has 2 N–H and O–H groups in total. The van der Waals surface area contributed by atoms with Gasteiger partial charge in [0, 0.05) is 21.7 Å². The van der Waals surface area contributed by atoms with Crippen LogP contribution in [0.4, 0.5) is 5.69 Å². The largest absolute Gasteiger partial charge is 0.478 e. The molecule has 0 fully saturated rings. The number of carboxylic acids is 1. The summed E-state index contributed by atoms with van der Waals surface area (Å²) in [6.07, 6.45) is 0. The molecule has 0 aliphatic carbocycles. The van der Waals surface area contributed by atoms with E-state index in [-0.39, 0.29) is 5.56 Å². The van der Waals surface area contributed by atoms with Crippen molar-refractivity contribution in [1.29, 1.82) is 0 Å². The minimum atomic E-state index is -0.919. The average Bonchev–Trinajstić information content (AvgIpc) is 2.40. The van der Waals surface area contributed by atoms with Crippen LogP contribution in [-0.2, 0) is 6.54 Å². The highest BCUT2D eigenvalue weighted by molar-refractivity contribution is 9.10. The lowest BCUT2D eigenvalue weighted by Gasteiger charge is -2.11. The molecule has 0 heterocycles. The molecule has 0 atom stereocenters. The Labute approximate surface area is 130 Å². The number of hydrogen-bond donors (Lipinski definition) is 2. The molecule has 0 bridgehead atoms. The molecule has 3 nitrogen and oxygen atoms in total. The zero-order chi connectivity index (χ0) is 14.7. The van der Waals surface area contributed by atoms with Gasteiger partial charge in [0.25, 0.3) is 0 Å². The van der Waals surface area contributed by atoms with Crippen LogP contribution in [0.15, 0.2) is 40.9 Å². The van der Waals surface area contributed by atoms with Crippen molar-refractivity contribution in [3.05, 3.63) is 62.6 Å². The molecule has 0 aromatic heterocycles. The molecular weight excluding hydrogens is 342 g/mol. The third-order valence-electron chi connectivity index (χ3n) is 2.95. The van der Waals surface area contributed by atoms with Gasteiger partial charge in [-0.05, 0) is 54.4 Å². The Kier molecular flexibility index (Phi) is 4.68. The minimum Gasteiger partial charge on any atom is -0.478 e. The summed E-state index contributed by atoms with van der Waals surface area (Å²) in [5, 5.41) is 12.9. The zero-order valence-corrected chi connectivity index (χ0v) is 13.1. The number of benzene rings is 2. The van der Waals surface area contributed by atoms with E-state index in [4.69, 9.17) is 16.7 Å². The molecule has 0 unspecified atom stereocenters. The molecule has 0 amide bonds. The number of anilines is 1. The van der Waals surface area contributed by atoms with Crippen LogP contribution in [0.25, 0.3) is 0 Å². The highest BCUT2D eigenvalue weighted by atomic mass is 79.9. The molecule has 0 spiro atoms. The van der Waals surface area contributed by atoms with E-state index in [1.54, 1.807) is 18.2 Å². The number of carboxylic acid groups (broad SMARTS) is 1. The predicted molar refractivity (Wildman–Crippen MR) is 84.6 cm³/mol. The molecular formula is C15H13BrClNO2. The molecule has 5 heteroatoms. The van der Waals surface area contributed by atoms with E-state index >= 15 is 0 Å². The van der Waals surface area contributed by atoms with E-state index in [9.17, 15) is 4.79 Å². The van der Waals surface area contributed by atoms with E-state index in [1.807, 2.05) is 25.1 Å². The lowest BCUT2D eigenvalue weighted by molar-refractivity contribution is 0.0697. The summed E-state index contributed by atoms with van der Waals surface area (Å²) >= 11 is 9.45. The van der Waals surface area contributed by atoms with Gasteiger partial charge in [-0.15, -0.1) is 0 Å². The van der Waals surface area contributed by atoms with Crippen molar-refractivity contribution in [1.82, 2.24) is 0 Å². The fourth-order valence-electron chi connectivity index (χ4n) is 1.86. The highest BCUT2D eigenvalue weighted by Gasteiger charge is 2.06. The van der Waals surface area contributed by atoms with Gasteiger partial charge >= 0.3 is 5.97 Å². The quantitative estimate of drug-likeness (QED) is 0.835. The molecule has 0 aliphatic heterocycles. The normalized spacial score (nSPS) is 10.3. The van der Waals surface area contributed by atoms with Crippen LogP contribution in [0.1, 0.15) is 21.5 Å². The summed E-state index contributed by atoms with van der Waals surface area (Å²) in [7, 11) is 0. The molecule has 2 aromatic carbocycles. The maximum atomic E-state index is 10.9. The van der Waals surface area contributed by atoms with Gasteiger partial charge in [-0.3, -0.25) is 0 Å². The number of rotatable bonds is 4. The van der Waals surface area contributed by atoms with Crippen molar-refractivity contribution in [3.63, 3.8) is 0 Å². The molecule has 0 saturated carbocycles. The smallest absolute Gasteiger partial charge is 0.335 e. The second kappa shape index (κ2) is 6.29. The van der Waals surface area contributed by atoms with E-state index in [0.717, 1.165) is 21.3 Å². The van der Waals surface area contributed by atoms with E-state index < -0.39 is 5.97 Å². The first-order valence-corrected chi connectivity index (χ1v) is 7.16. The predicted octanol–water partition coefficient (Wildman–Crippen LogP) is 4.72. The van der Waals surface area contributed by atoms with Crippen LogP contribution in [0.5, 0.6) is 0 Å². The summed E-state index contributed by atoms with van der Waals surface area (Å²) in [4.78, 5) is 10.9. The Balaban J connectivity index is 2.15. The van der Waals surface area contributed by atoms with Crippen molar-refractivity contribution in [2.45, 2.75) is 13.5 Å². The molecule has 104 valence electrons. The Bertz CT molecular complexity index is 658. The van der Waals surface area contributed by atoms with Crippen LogP contribution in [0, 0.1) is 6.92 Å². The summed E-state index contributed by atoms with van der Waals surface area (Å²) in [6, 6.07) is 10.6. The molecule has 2 aromatic rings. The third kappa shape index (κ3) is 3.52. The minimum absolute atomic E-state index is 0.289. The number of nitrogens with one attached hydrogen (secondary N) is 1. The molecule has 0 aliphatic rings. The fourth-order valence-corrected chi connectivity index (χ4v) is 2.45. The number of aryl methyl sites for hydroxylation is 1. The van der Waals surface area contributed by atoms with Crippen LogP contribution in [0.2, 0.25) is 5.02 Å². The second-order valence-corrected chi connectivity index (χ2v) is 5.71. The highest BCUT2D eigenvalue weighted by Crippen LogP contribution is 2.23. The van der Waals surface area contributed by atoms with Crippen LogP contribution in [0.3, 0.4) is 0 Å². The van der Waals surface area contributed by atoms with Crippen LogP contribution >= 0.6 is 27.5 Å². The van der Waals surface area contributed by atoms with Gasteiger partial charge in [-0.2, -0.15) is 0 Å². The molecule has 0 saturated heterocycles. The fraction of sp³-hybridized carbons (Fsp3) is 0.133. The van der Waals surface area contributed by atoms with Gasteiger partial charge in [0.1, 0.15) is 0 Å². The SMILES string of the molecule is Cc1cc(C(=O)O)ccc1NCc1cc(Cl)ccc1Br. The van der Waals surface area contributed by atoms with Crippen molar-refractivity contribution < 1.29 is 9.90 Å². The second-order valence-electron chi connectivity index (χ2n) is 4.42. The lowest BCUT2D eigenvalue weighted by Crippen LogP contribution is -2.03. The van der Waals surface area contributed by atoms with Gasteiger partial charge in [0.15, 0.2) is 0 Å². The Hall–Kier alpha value is -1.52. The van der Waals surface area contributed by atoms with E-state index in [1.165, 1.54) is 0 Å². The van der Waals surface area contributed by atoms with Crippen molar-refractivity contribution in [2.75, 3.05) is 5.32 Å². The van der Waals surface area contributed by atoms with Gasteiger partial charge in [0.05, 0.1) is 5.56 Å². The maximum Gasteiger partial charge on any atom is 0.335 e. The summed E-state index contributed by atoms with van der Waals surface area (Å²) < 4.78 is 0.981. The number of aromatic carboxylic acids is 1. The zero-order valence-electron chi connectivity index (χ0n) is 10.8. The van der Waals surface area contributed by atoms with Gasteiger partial charge < -0.3 is 10.4 Å². The Morgan fingerprint density at radius 2 is 2.05 bits per heavy atom. The van der Waals surface area contributed by atoms with Gasteiger partial charge in [-0.1, -0.05) is 27.5 Å². The van der Waals surface area contributed by atoms with Gasteiger partial charge in [0.2, 0.25) is 0 Å². The molecule has 2 rings (SSSR count). The topological polar surface area (TPSA) is 49.3 Å². The van der Waals surface area contributed by atoms with Gasteiger partial charge in [-0.25, -0.2) is 4.79 Å². The number of carbonyl (C=O) groups is 1. The van der Waals surface area contributed by atoms with Crippen molar-refractivity contribution in [3.8, 4) is 0 Å².